The number of nitrogens with zero attached hydrogens (tertiary/aromatic N) is 3. The summed E-state index contributed by atoms with van der Waals surface area (Å²) >= 11 is 0. The summed E-state index contributed by atoms with van der Waals surface area (Å²) in [6, 6.07) is 7.02. The molecular formula is C38H38AcF3N3O7. The van der Waals surface area contributed by atoms with Crippen molar-refractivity contribution in [1.29, 1.82) is 5.26 Å². The van der Waals surface area contributed by atoms with Crippen molar-refractivity contribution in [3.63, 3.8) is 0 Å². The molecular weight excluding hydrogens is 894 g/mol. The molecule has 0 aliphatic carbocycles. The number of fused-ring (bicyclic) bond motifs is 9. The van der Waals surface area contributed by atoms with Crippen LogP contribution in [0.5, 0.6) is 23.0 Å². The Morgan fingerprint density at radius 1 is 1.10 bits per heavy atom. The third kappa shape index (κ3) is 6.47. The molecule has 1 radical (unpaired) electrons. The van der Waals surface area contributed by atoms with Gasteiger partial charge in [0, 0.05) is 91.6 Å². The molecule has 10 nitrogen and oxygen atoms in total. The van der Waals surface area contributed by atoms with Crippen LogP contribution in [0, 0.1) is 76.2 Å². The maximum atomic E-state index is 13.3. The van der Waals surface area contributed by atoms with Gasteiger partial charge < -0.3 is 28.8 Å². The van der Waals surface area contributed by atoms with Crippen molar-refractivity contribution in [2.24, 2.45) is 0 Å². The fourth-order valence-electron chi connectivity index (χ4n) is 8.35. The van der Waals surface area contributed by atoms with E-state index in [1.54, 1.807) is 14.0 Å². The third-order valence-electron chi connectivity index (χ3n) is 10.8. The molecule has 4 heterocycles. The average molecular weight is 933 g/mol. The summed E-state index contributed by atoms with van der Waals surface area (Å²) in [5.74, 6) is 0.795. The first-order chi connectivity index (χ1) is 24.3. The van der Waals surface area contributed by atoms with Gasteiger partial charge >= 0.3 is 12.1 Å². The van der Waals surface area contributed by atoms with Gasteiger partial charge in [0.1, 0.15) is 24.1 Å². The van der Waals surface area contributed by atoms with E-state index in [0.717, 1.165) is 46.2 Å². The van der Waals surface area contributed by atoms with Crippen molar-refractivity contribution in [1.82, 2.24) is 9.80 Å². The number of methoxy groups -OCH3 is 1. The van der Waals surface area contributed by atoms with Crippen molar-refractivity contribution in [2.45, 2.75) is 70.0 Å². The van der Waals surface area contributed by atoms with Crippen molar-refractivity contribution in [3.8, 4) is 29.1 Å². The van der Waals surface area contributed by atoms with Crippen LogP contribution in [-0.4, -0.2) is 73.4 Å². The summed E-state index contributed by atoms with van der Waals surface area (Å²) in [5.41, 5.74) is 5.16. The minimum Gasteiger partial charge on any atom is -0.507 e. The minimum absolute atomic E-state index is 0. The Kier molecular flexibility index (Phi) is 11.0. The number of aryl methyl sites for hydroxylation is 1. The number of alkyl halides is 3. The number of likely N-dealkylation sites (N-methyl/N-ethyl adjacent to an activating group) is 1. The van der Waals surface area contributed by atoms with E-state index in [2.05, 4.69) is 21.9 Å². The summed E-state index contributed by atoms with van der Waals surface area (Å²) in [6.45, 7) is 5.54. The van der Waals surface area contributed by atoms with Crippen LogP contribution < -0.4 is 14.2 Å². The minimum atomic E-state index is -4.53. The van der Waals surface area contributed by atoms with Gasteiger partial charge in [0.25, 0.3) is 0 Å². The summed E-state index contributed by atoms with van der Waals surface area (Å²) in [4.78, 5) is 17.5. The third-order valence-corrected chi connectivity index (χ3v) is 10.8. The number of phenols is 1. The topological polar surface area (TPSA) is 114 Å². The number of carbonyl (C=O) groups excluding carboxylic acids is 1. The second-order valence-corrected chi connectivity index (χ2v) is 13.5. The van der Waals surface area contributed by atoms with Crippen LogP contribution in [0.15, 0.2) is 36.4 Å². The van der Waals surface area contributed by atoms with Crippen LogP contribution >= 0.6 is 0 Å². The average Bonchev–Trinajstić information content (AvgIpc) is 3.59. The molecule has 5 atom stereocenters. The van der Waals surface area contributed by atoms with E-state index in [4.69, 9.17) is 23.7 Å². The van der Waals surface area contributed by atoms with Crippen molar-refractivity contribution in [2.75, 3.05) is 34.4 Å². The molecule has 0 saturated carbocycles. The Hall–Kier alpha value is -3.33. The molecule has 4 aliphatic heterocycles. The number of piperazine rings is 1. The van der Waals surface area contributed by atoms with Gasteiger partial charge in [-0.25, -0.2) is 4.79 Å². The van der Waals surface area contributed by atoms with E-state index < -0.39 is 29.8 Å². The molecule has 0 aromatic heterocycles. The molecule has 1 saturated heterocycles. The van der Waals surface area contributed by atoms with Crippen molar-refractivity contribution in [3.05, 3.63) is 86.5 Å². The van der Waals surface area contributed by atoms with Crippen LogP contribution in [0.2, 0.25) is 0 Å². The second-order valence-electron chi connectivity index (χ2n) is 13.5. The largest absolute Gasteiger partial charge is 0.507 e. The Labute approximate surface area is 335 Å². The molecule has 14 heteroatoms. The fraction of sp³-hybridized carbons (Fsp3) is 0.421. The smallest absolute Gasteiger partial charge is 0.416 e. The van der Waals surface area contributed by atoms with Gasteiger partial charge in [0.2, 0.25) is 6.79 Å². The van der Waals surface area contributed by atoms with Crippen LogP contribution in [0.1, 0.15) is 62.2 Å². The first-order valence-corrected chi connectivity index (χ1v) is 16.6. The van der Waals surface area contributed by atoms with E-state index >= 15 is 0 Å². The first kappa shape index (κ1) is 38.4. The van der Waals surface area contributed by atoms with Crippen LogP contribution in [-0.2, 0) is 33.3 Å². The molecule has 0 spiro atoms. The number of esters is 1. The van der Waals surface area contributed by atoms with E-state index in [9.17, 15) is 28.3 Å². The van der Waals surface area contributed by atoms with E-state index in [1.165, 1.54) is 18.2 Å². The fourth-order valence-corrected chi connectivity index (χ4v) is 8.35. The maximum absolute atomic E-state index is 13.3. The Morgan fingerprint density at radius 3 is 2.56 bits per heavy atom. The molecule has 1 unspecified atom stereocenters. The molecule has 7 rings (SSSR count). The van der Waals surface area contributed by atoms with Crippen molar-refractivity contribution >= 4 is 12.0 Å². The number of nitriles is 1. The van der Waals surface area contributed by atoms with Gasteiger partial charge in [-0.2, -0.15) is 18.4 Å². The Balaban J connectivity index is 0.00000464. The molecule has 4 aliphatic rings. The normalized spacial score (nSPS) is 23.2. The van der Waals surface area contributed by atoms with Crippen LogP contribution in [0.4, 0.5) is 13.2 Å². The summed E-state index contributed by atoms with van der Waals surface area (Å²) in [6.07, 6.45) is -1.29. The van der Waals surface area contributed by atoms with Gasteiger partial charge in [0.05, 0.1) is 23.7 Å². The molecule has 271 valence electrons. The van der Waals surface area contributed by atoms with E-state index in [-0.39, 0.29) is 93.7 Å². The Bertz CT molecular complexity index is 1980. The van der Waals surface area contributed by atoms with Crippen LogP contribution in [0.3, 0.4) is 0 Å². The standard InChI is InChI=1S/C38H38F3N3O7.Ac/c1-19-11-23-13-26-28(15-42)44-27(33(43(26)4)31(23)35(20(19)2)49-17-47-5)14-25-32(37-36(50-18-51-37)21(3)34(25)46)29(44)16-48-30(45)10-9-22-7-6-8-24(12-22)38(39,40)41;/h6-12,26-29,33,46H,13-14,16-18H2,1-5H3;/b10-9+;/t26-,27?,28+,29+,33+;/m1./s1. The SMILES string of the molecule is COCOc1c(C)c(C)cc2c1[C@@H]1C3Cc4c(O)c(C)c5c(c4[C@H](COC(=O)/C=C/c4cccc(C(F)(F)F)c4)N3[C@@H](C#N)[C@@H](C2)N1C)OCO5.[Ac]. The number of carbonyl (C=O) groups is 1. The number of ether oxygens (including phenoxy) is 5. The van der Waals surface area contributed by atoms with Gasteiger partial charge in [-0.15, -0.1) is 0 Å². The molecule has 3 aromatic rings. The van der Waals surface area contributed by atoms with Gasteiger partial charge in [-0.3, -0.25) is 9.80 Å². The summed E-state index contributed by atoms with van der Waals surface area (Å²) in [5, 5.41) is 22.5. The predicted octanol–water partition coefficient (Wildman–Crippen LogP) is 6.08. The zero-order chi connectivity index (χ0) is 36.4. The summed E-state index contributed by atoms with van der Waals surface area (Å²) in [7, 11) is 3.57. The van der Waals surface area contributed by atoms with Gasteiger partial charge in [0.15, 0.2) is 18.3 Å². The molecule has 1 N–H and O–H groups in total. The number of hydrogen-bond acceptors (Lipinski definition) is 10. The van der Waals surface area contributed by atoms with Crippen molar-refractivity contribution < 1.29 is 90.8 Å². The number of phenolic OH excluding ortho intramolecular Hbond substituents is 1. The number of benzene rings is 3. The summed E-state index contributed by atoms with van der Waals surface area (Å²) < 4.78 is 69.0. The predicted molar refractivity (Wildman–Crippen MR) is 178 cm³/mol. The Morgan fingerprint density at radius 2 is 1.85 bits per heavy atom. The zero-order valence-electron chi connectivity index (χ0n) is 29.4. The molecule has 0 amide bonds. The number of hydrogen-bond donors (Lipinski definition) is 1. The van der Waals surface area contributed by atoms with E-state index in [1.807, 2.05) is 20.9 Å². The number of halogens is 3. The maximum Gasteiger partial charge on any atom is 0.416 e. The van der Waals surface area contributed by atoms with Gasteiger partial charge in [-0.1, -0.05) is 18.2 Å². The zero-order valence-corrected chi connectivity index (χ0v) is 34.2. The number of aromatic hydroxyl groups is 1. The molecule has 3 aromatic carbocycles. The van der Waals surface area contributed by atoms with E-state index in [0.29, 0.717) is 41.0 Å². The molecule has 1 fully saturated rings. The second kappa shape index (κ2) is 14.8. The first-order valence-electron chi connectivity index (χ1n) is 16.6. The molecule has 2 bridgehead atoms. The van der Waals surface area contributed by atoms with Crippen LogP contribution in [0.25, 0.3) is 6.08 Å². The van der Waals surface area contributed by atoms with Gasteiger partial charge in [-0.05, 0) is 81.1 Å². The monoisotopic (exact) mass is 932 g/mol. The molecule has 52 heavy (non-hydrogen) atoms. The quantitative estimate of drug-likeness (QED) is 0.170. The number of rotatable bonds is 7.